The number of aliphatic hydroxyl groups excluding tert-OH is 1. The molecule has 1 aliphatic heterocycles. The number of nitrogens with zero attached hydrogens (tertiary/aromatic N) is 1. The summed E-state index contributed by atoms with van der Waals surface area (Å²) in [5, 5.41) is 18.5. The molecule has 0 fully saturated rings. The number of thioether (sulfide) groups is 1. The number of fused-ring (bicyclic) bond motifs is 2. The van der Waals surface area contributed by atoms with Crippen molar-refractivity contribution in [2.24, 2.45) is 0 Å². The minimum absolute atomic E-state index is 0.0223. The van der Waals surface area contributed by atoms with Crippen molar-refractivity contribution in [2.75, 3.05) is 0 Å². The van der Waals surface area contributed by atoms with Crippen LogP contribution >= 0.6 is 27.7 Å². The third-order valence-electron chi connectivity index (χ3n) is 3.62. The summed E-state index contributed by atoms with van der Waals surface area (Å²) in [4.78, 5) is 13.1. The van der Waals surface area contributed by atoms with Gasteiger partial charge in [-0.25, -0.2) is 0 Å². The highest BCUT2D eigenvalue weighted by Crippen LogP contribution is 2.37. The number of carbonyl (C=O) groups excluding carboxylic acids is 1. The van der Waals surface area contributed by atoms with Gasteiger partial charge < -0.3 is 5.11 Å². The van der Waals surface area contributed by atoms with Crippen molar-refractivity contribution < 1.29 is 9.90 Å². The molecule has 0 bridgehead atoms. The van der Waals surface area contributed by atoms with Crippen LogP contribution in [0.15, 0.2) is 47.4 Å². The minimum atomic E-state index is -1.12. The average Bonchev–Trinajstić information content (AvgIpc) is 2.71. The number of benzene rings is 2. The van der Waals surface area contributed by atoms with Crippen molar-refractivity contribution in [3.05, 3.63) is 64.7 Å². The number of ketones is 1. The Hall–Kier alpha value is -1.61. The van der Waals surface area contributed by atoms with Crippen LogP contribution in [0.5, 0.6) is 0 Å². The van der Waals surface area contributed by atoms with Gasteiger partial charge in [-0.2, -0.15) is 5.26 Å². The summed E-state index contributed by atoms with van der Waals surface area (Å²) in [6, 6.07) is 14.9. The van der Waals surface area contributed by atoms with E-state index in [1.165, 1.54) is 0 Å². The topological polar surface area (TPSA) is 61.1 Å². The zero-order chi connectivity index (χ0) is 15.7. The number of aliphatic hydroxyl groups is 1. The molecule has 0 saturated heterocycles. The zero-order valence-electron chi connectivity index (χ0n) is 11.5. The first-order valence-electron chi connectivity index (χ1n) is 6.73. The molecule has 5 heteroatoms. The van der Waals surface area contributed by atoms with Gasteiger partial charge >= 0.3 is 0 Å². The van der Waals surface area contributed by atoms with Crippen LogP contribution < -0.4 is 0 Å². The van der Waals surface area contributed by atoms with Gasteiger partial charge in [-0.15, -0.1) is 11.8 Å². The molecule has 2 aromatic rings. The second kappa shape index (κ2) is 6.25. The van der Waals surface area contributed by atoms with Crippen molar-refractivity contribution in [3.8, 4) is 6.07 Å². The standard InChI is InChI=1S/C17H12BrNO2S/c18-16(14(20)8-19)10-5-6-13-15(7-10)22-9-11-3-1-2-4-12(11)17(13)21/h1-7,14,16,20H,9H2. The summed E-state index contributed by atoms with van der Waals surface area (Å²) < 4.78 is 0. The van der Waals surface area contributed by atoms with E-state index in [-0.39, 0.29) is 5.78 Å². The summed E-state index contributed by atoms with van der Waals surface area (Å²) in [7, 11) is 0. The first-order valence-corrected chi connectivity index (χ1v) is 8.63. The predicted octanol–water partition coefficient (Wildman–Crippen LogP) is 3.84. The highest BCUT2D eigenvalue weighted by atomic mass is 79.9. The van der Waals surface area contributed by atoms with E-state index < -0.39 is 10.9 Å². The Morgan fingerprint density at radius 3 is 2.77 bits per heavy atom. The third-order valence-corrected chi connectivity index (χ3v) is 5.76. The molecule has 0 spiro atoms. The van der Waals surface area contributed by atoms with Crippen LogP contribution in [0.1, 0.15) is 31.9 Å². The molecular weight excluding hydrogens is 362 g/mol. The highest BCUT2D eigenvalue weighted by Gasteiger charge is 2.24. The van der Waals surface area contributed by atoms with E-state index in [9.17, 15) is 9.90 Å². The number of hydrogen-bond donors (Lipinski definition) is 1. The molecule has 110 valence electrons. The fourth-order valence-corrected chi connectivity index (χ4v) is 3.93. The minimum Gasteiger partial charge on any atom is -0.377 e. The second-order valence-electron chi connectivity index (χ2n) is 5.01. The van der Waals surface area contributed by atoms with Gasteiger partial charge in [0, 0.05) is 21.8 Å². The molecule has 0 aliphatic carbocycles. The summed E-state index contributed by atoms with van der Waals surface area (Å²) >= 11 is 4.94. The first kappa shape index (κ1) is 15.3. The highest BCUT2D eigenvalue weighted by molar-refractivity contribution is 9.09. The third kappa shape index (κ3) is 2.70. The Morgan fingerprint density at radius 1 is 1.23 bits per heavy atom. The quantitative estimate of drug-likeness (QED) is 0.641. The molecule has 0 saturated carbocycles. The molecule has 2 aromatic carbocycles. The van der Waals surface area contributed by atoms with Gasteiger partial charge in [-0.1, -0.05) is 46.3 Å². The molecule has 1 N–H and O–H groups in total. The van der Waals surface area contributed by atoms with Gasteiger partial charge in [-0.05, 0) is 23.3 Å². The van der Waals surface area contributed by atoms with Crippen molar-refractivity contribution in [3.63, 3.8) is 0 Å². The maximum atomic E-state index is 12.7. The van der Waals surface area contributed by atoms with Crippen LogP contribution in [0.4, 0.5) is 0 Å². The van der Waals surface area contributed by atoms with E-state index in [2.05, 4.69) is 15.9 Å². The molecule has 1 heterocycles. The lowest BCUT2D eigenvalue weighted by atomic mass is 9.97. The summed E-state index contributed by atoms with van der Waals surface area (Å²) in [5.41, 5.74) is 3.24. The van der Waals surface area contributed by atoms with Gasteiger partial charge in [0.25, 0.3) is 0 Å². The van der Waals surface area contributed by atoms with Crippen molar-refractivity contribution in [1.82, 2.24) is 0 Å². The lowest BCUT2D eigenvalue weighted by Crippen LogP contribution is -2.11. The molecule has 2 atom stereocenters. The van der Waals surface area contributed by atoms with Crippen LogP contribution in [-0.4, -0.2) is 17.0 Å². The molecule has 2 unspecified atom stereocenters. The molecule has 0 radical (unpaired) electrons. The number of halogens is 1. The smallest absolute Gasteiger partial charge is 0.194 e. The van der Waals surface area contributed by atoms with Crippen LogP contribution in [0, 0.1) is 11.3 Å². The predicted molar refractivity (Wildman–Crippen MR) is 89.2 cm³/mol. The number of carbonyl (C=O) groups is 1. The Kier molecular flexibility index (Phi) is 4.34. The molecule has 0 amide bonds. The summed E-state index contributed by atoms with van der Waals surface area (Å²) in [6.07, 6.45) is -1.12. The lowest BCUT2D eigenvalue weighted by Gasteiger charge is -2.13. The summed E-state index contributed by atoms with van der Waals surface area (Å²) in [6.45, 7) is 0. The molecule has 3 nitrogen and oxygen atoms in total. The van der Waals surface area contributed by atoms with Crippen molar-refractivity contribution >= 4 is 33.5 Å². The normalized spacial score (nSPS) is 16.0. The number of hydrogen-bond acceptors (Lipinski definition) is 4. The molecular formula is C17H12BrNO2S. The van der Waals surface area contributed by atoms with Crippen molar-refractivity contribution in [2.45, 2.75) is 21.6 Å². The Labute approximate surface area is 141 Å². The van der Waals surface area contributed by atoms with Crippen LogP contribution in [0.2, 0.25) is 0 Å². The molecule has 22 heavy (non-hydrogen) atoms. The average molecular weight is 374 g/mol. The van der Waals surface area contributed by atoms with Gasteiger partial charge in [0.1, 0.15) is 0 Å². The van der Waals surface area contributed by atoms with E-state index in [4.69, 9.17) is 5.26 Å². The lowest BCUT2D eigenvalue weighted by molar-refractivity contribution is 0.103. The Morgan fingerprint density at radius 2 is 2.00 bits per heavy atom. The second-order valence-corrected chi connectivity index (χ2v) is 7.01. The maximum absolute atomic E-state index is 12.7. The zero-order valence-corrected chi connectivity index (χ0v) is 13.9. The Balaban J connectivity index is 2.03. The number of alkyl halides is 1. The molecule has 1 aliphatic rings. The van der Waals surface area contributed by atoms with Crippen LogP contribution in [0.25, 0.3) is 0 Å². The molecule has 3 rings (SSSR count). The van der Waals surface area contributed by atoms with Crippen LogP contribution in [0.3, 0.4) is 0 Å². The Bertz CT molecular complexity index is 784. The largest absolute Gasteiger partial charge is 0.377 e. The molecule has 0 aromatic heterocycles. The maximum Gasteiger partial charge on any atom is 0.194 e. The van der Waals surface area contributed by atoms with Gasteiger partial charge in [0.05, 0.1) is 10.9 Å². The SMILES string of the molecule is N#CC(O)C(Br)c1ccc2c(c1)SCc1ccccc1C2=O. The number of rotatable bonds is 2. The van der Waals surface area contributed by atoms with Gasteiger partial charge in [-0.3, -0.25) is 4.79 Å². The fraction of sp³-hybridized carbons (Fsp3) is 0.176. The van der Waals surface area contributed by atoms with E-state index in [0.717, 1.165) is 27.3 Å². The van der Waals surface area contributed by atoms with E-state index in [0.29, 0.717) is 5.56 Å². The first-order chi connectivity index (χ1) is 10.6. The van der Waals surface area contributed by atoms with Gasteiger partial charge in [0.2, 0.25) is 0 Å². The number of nitriles is 1. The van der Waals surface area contributed by atoms with E-state index in [1.807, 2.05) is 36.4 Å². The van der Waals surface area contributed by atoms with Crippen LogP contribution in [-0.2, 0) is 5.75 Å². The van der Waals surface area contributed by atoms with Gasteiger partial charge in [0.15, 0.2) is 11.9 Å². The fourth-order valence-electron chi connectivity index (χ4n) is 2.43. The van der Waals surface area contributed by atoms with E-state index >= 15 is 0 Å². The summed E-state index contributed by atoms with van der Waals surface area (Å²) in [5.74, 6) is 0.751. The monoisotopic (exact) mass is 373 g/mol. The van der Waals surface area contributed by atoms with Crippen molar-refractivity contribution in [1.29, 1.82) is 5.26 Å². The van der Waals surface area contributed by atoms with E-state index in [1.54, 1.807) is 23.9 Å².